The molecule has 0 bridgehead atoms. The third-order valence-electron chi connectivity index (χ3n) is 3.66. The van der Waals surface area contributed by atoms with Crippen LogP contribution in [0.15, 0.2) is 12.1 Å². The Morgan fingerprint density at radius 3 is 2.12 bits per heavy atom. The molecule has 0 aromatic carbocycles. The Bertz CT molecular complexity index is 430. The Labute approximate surface area is 103 Å². The van der Waals surface area contributed by atoms with Crippen LogP contribution >= 0.6 is 0 Å². The van der Waals surface area contributed by atoms with Crippen molar-refractivity contribution in [1.29, 1.82) is 0 Å². The van der Waals surface area contributed by atoms with Gasteiger partial charge in [-0.25, -0.2) is 4.98 Å². The first-order valence-corrected chi connectivity index (χ1v) is 5.81. The molecule has 1 saturated heterocycles. The van der Waals surface area contributed by atoms with Gasteiger partial charge in [-0.1, -0.05) is 6.07 Å². The third-order valence-corrected chi connectivity index (χ3v) is 3.66. The first-order chi connectivity index (χ1) is 7.73. The lowest BCUT2D eigenvalue weighted by molar-refractivity contribution is 0.00578. The lowest BCUT2D eigenvalue weighted by atomic mass is 9.78. The van der Waals surface area contributed by atoms with Crippen LogP contribution in [0.2, 0.25) is 0 Å². The number of nitrogens with zero attached hydrogens (tertiary/aromatic N) is 1. The van der Waals surface area contributed by atoms with E-state index in [9.17, 15) is 0 Å². The zero-order valence-electron chi connectivity index (χ0n) is 11.1. The van der Waals surface area contributed by atoms with E-state index in [1.807, 2.05) is 40.7 Å². The Balaban J connectivity index is 2.32. The number of hydrogen-bond acceptors (Lipinski definition) is 4. The van der Waals surface area contributed by atoms with E-state index in [-0.39, 0.29) is 18.3 Å². The van der Waals surface area contributed by atoms with Crippen molar-refractivity contribution in [2.75, 3.05) is 5.73 Å². The minimum absolute atomic E-state index is 0.328. The maximum Gasteiger partial charge on any atom is 0.496 e. The molecule has 1 aromatic rings. The Morgan fingerprint density at radius 1 is 1.12 bits per heavy atom. The summed E-state index contributed by atoms with van der Waals surface area (Å²) in [5.41, 5.74) is 6.78. The van der Waals surface area contributed by atoms with Crippen LogP contribution in [0.5, 0.6) is 0 Å². The van der Waals surface area contributed by atoms with Crippen LogP contribution in [-0.4, -0.2) is 23.3 Å². The summed E-state index contributed by atoms with van der Waals surface area (Å²) in [6.45, 7) is 10.1. The summed E-state index contributed by atoms with van der Waals surface area (Å²) in [6, 6.07) is 3.69. The van der Waals surface area contributed by atoms with Gasteiger partial charge in [0.15, 0.2) is 0 Å². The fourth-order valence-corrected chi connectivity index (χ4v) is 1.81. The van der Waals surface area contributed by atoms with Gasteiger partial charge in [0.1, 0.15) is 5.82 Å². The van der Waals surface area contributed by atoms with Gasteiger partial charge < -0.3 is 15.0 Å². The summed E-state index contributed by atoms with van der Waals surface area (Å²) in [7, 11) is -0.368. The van der Waals surface area contributed by atoms with Gasteiger partial charge in [0.05, 0.1) is 11.2 Å². The Morgan fingerprint density at radius 2 is 1.65 bits per heavy atom. The number of aryl methyl sites for hydroxylation is 1. The molecule has 1 aliphatic heterocycles. The summed E-state index contributed by atoms with van der Waals surface area (Å²) in [4.78, 5) is 4.23. The van der Waals surface area contributed by atoms with Crippen molar-refractivity contribution in [2.45, 2.75) is 45.8 Å². The minimum atomic E-state index is -0.368. The molecule has 5 heteroatoms. The van der Waals surface area contributed by atoms with Gasteiger partial charge in [-0.2, -0.15) is 0 Å². The predicted molar refractivity (Wildman–Crippen MR) is 69.1 cm³/mol. The molecule has 2 N–H and O–H groups in total. The van der Waals surface area contributed by atoms with Crippen molar-refractivity contribution in [2.24, 2.45) is 0 Å². The largest absolute Gasteiger partial charge is 0.496 e. The van der Waals surface area contributed by atoms with Crippen molar-refractivity contribution in [3.8, 4) is 0 Å². The van der Waals surface area contributed by atoms with Crippen LogP contribution in [0, 0.1) is 6.92 Å². The normalized spacial score (nSPS) is 21.8. The number of pyridine rings is 1. The average Bonchev–Trinajstić information content (AvgIpc) is 2.35. The van der Waals surface area contributed by atoms with E-state index in [0.29, 0.717) is 5.82 Å². The fourth-order valence-electron chi connectivity index (χ4n) is 1.81. The highest BCUT2D eigenvalue weighted by Crippen LogP contribution is 2.36. The van der Waals surface area contributed by atoms with Gasteiger partial charge in [-0.15, -0.1) is 0 Å². The second-order valence-electron chi connectivity index (χ2n) is 5.50. The van der Waals surface area contributed by atoms with E-state index >= 15 is 0 Å². The molecule has 2 rings (SSSR count). The third kappa shape index (κ3) is 2.05. The van der Waals surface area contributed by atoms with Gasteiger partial charge in [0.2, 0.25) is 0 Å². The molecule has 0 radical (unpaired) electrons. The molecule has 0 saturated carbocycles. The quantitative estimate of drug-likeness (QED) is 0.743. The van der Waals surface area contributed by atoms with Crippen molar-refractivity contribution < 1.29 is 9.31 Å². The fraction of sp³-hybridized carbons (Fsp3) is 0.583. The number of hydrogen-bond donors (Lipinski definition) is 1. The highest BCUT2D eigenvalue weighted by Gasteiger charge is 2.52. The summed E-state index contributed by atoms with van der Waals surface area (Å²) in [5.74, 6) is 0.516. The SMILES string of the molecule is Cc1nc(N)ccc1B1OC(C)(C)C(C)(C)O1. The lowest BCUT2D eigenvalue weighted by Crippen LogP contribution is -2.41. The summed E-state index contributed by atoms with van der Waals surface area (Å²) >= 11 is 0. The van der Waals surface area contributed by atoms with E-state index in [2.05, 4.69) is 4.98 Å². The monoisotopic (exact) mass is 234 g/mol. The van der Waals surface area contributed by atoms with Gasteiger partial charge in [-0.05, 0) is 40.7 Å². The van der Waals surface area contributed by atoms with Gasteiger partial charge in [0.25, 0.3) is 0 Å². The van der Waals surface area contributed by atoms with Crippen molar-refractivity contribution >= 4 is 18.4 Å². The van der Waals surface area contributed by atoms with Gasteiger partial charge in [-0.3, -0.25) is 0 Å². The zero-order chi connectivity index (χ0) is 12.8. The Hall–Kier alpha value is -1.07. The zero-order valence-corrected chi connectivity index (χ0v) is 11.1. The molecule has 1 aliphatic rings. The second kappa shape index (κ2) is 3.72. The number of rotatable bonds is 1. The van der Waals surface area contributed by atoms with Crippen LogP contribution in [0.4, 0.5) is 5.82 Å². The topological polar surface area (TPSA) is 57.4 Å². The first kappa shape index (κ1) is 12.4. The summed E-state index contributed by atoms with van der Waals surface area (Å²) in [5, 5.41) is 0. The van der Waals surface area contributed by atoms with Gasteiger partial charge in [0, 0.05) is 11.2 Å². The highest BCUT2D eigenvalue weighted by molar-refractivity contribution is 6.62. The van der Waals surface area contributed by atoms with Crippen molar-refractivity contribution in [1.82, 2.24) is 4.98 Å². The molecular weight excluding hydrogens is 215 g/mol. The number of aromatic nitrogens is 1. The van der Waals surface area contributed by atoms with Crippen LogP contribution < -0.4 is 11.2 Å². The maximum atomic E-state index is 5.97. The van der Waals surface area contributed by atoms with Crippen LogP contribution in [0.25, 0.3) is 0 Å². The molecule has 2 heterocycles. The summed E-state index contributed by atoms with van der Waals surface area (Å²) in [6.07, 6.45) is 0. The molecule has 1 aromatic heterocycles. The van der Waals surface area contributed by atoms with Crippen LogP contribution in [-0.2, 0) is 9.31 Å². The molecule has 4 nitrogen and oxygen atoms in total. The van der Waals surface area contributed by atoms with Gasteiger partial charge >= 0.3 is 7.12 Å². The predicted octanol–water partition coefficient (Wildman–Crippen LogP) is 1.27. The molecule has 0 unspecified atom stereocenters. The Kier molecular flexibility index (Phi) is 2.71. The maximum absolute atomic E-state index is 5.97. The second-order valence-corrected chi connectivity index (χ2v) is 5.50. The van der Waals surface area contributed by atoms with E-state index in [1.165, 1.54) is 0 Å². The molecule has 0 aliphatic carbocycles. The number of nitrogen functional groups attached to an aromatic ring is 1. The summed E-state index contributed by atoms with van der Waals surface area (Å²) < 4.78 is 11.9. The first-order valence-electron chi connectivity index (χ1n) is 5.81. The average molecular weight is 234 g/mol. The van der Waals surface area contributed by atoms with Crippen molar-refractivity contribution in [3.63, 3.8) is 0 Å². The molecule has 0 atom stereocenters. The van der Waals surface area contributed by atoms with E-state index in [1.54, 1.807) is 6.07 Å². The van der Waals surface area contributed by atoms with Crippen molar-refractivity contribution in [3.05, 3.63) is 17.8 Å². The number of anilines is 1. The molecule has 92 valence electrons. The van der Waals surface area contributed by atoms with Crippen LogP contribution in [0.1, 0.15) is 33.4 Å². The number of nitrogens with two attached hydrogens (primary N) is 1. The standard InChI is InChI=1S/C12H19BN2O2/c1-8-9(6-7-10(14)15-8)13-16-11(2,3)12(4,5)17-13/h6-7H,1-5H3,(H2,14,15). The molecular formula is C12H19BN2O2. The van der Waals surface area contributed by atoms with E-state index in [4.69, 9.17) is 15.0 Å². The molecule has 17 heavy (non-hydrogen) atoms. The van der Waals surface area contributed by atoms with E-state index in [0.717, 1.165) is 11.2 Å². The minimum Gasteiger partial charge on any atom is -0.399 e. The van der Waals surface area contributed by atoms with E-state index < -0.39 is 0 Å². The van der Waals surface area contributed by atoms with Crippen LogP contribution in [0.3, 0.4) is 0 Å². The lowest BCUT2D eigenvalue weighted by Gasteiger charge is -2.32. The highest BCUT2D eigenvalue weighted by atomic mass is 16.7. The molecule has 0 amide bonds. The smallest absolute Gasteiger partial charge is 0.399 e. The molecule has 0 spiro atoms. The molecule has 1 fully saturated rings.